The van der Waals surface area contributed by atoms with Gasteiger partial charge in [0.05, 0.1) is 12.2 Å². The predicted octanol–water partition coefficient (Wildman–Crippen LogP) is 1.18. The summed E-state index contributed by atoms with van der Waals surface area (Å²) in [5.74, 6) is 0.00464. The first-order valence-corrected chi connectivity index (χ1v) is 6.58. The van der Waals surface area contributed by atoms with Crippen molar-refractivity contribution in [2.24, 2.45) is 0 Å². The van der Waals surface area contributed by atoms with Gasteiger partial charge in [0.1, 0.15) is 5.69 Å². The second-order valence-electron chi connectivity index (χ2n) is 5.27. The van der Waals surface area contributed by atoms with Crippen LogP contribution in [0.2, 0.25) is 0 Å². The van der Waals surface area contributed by atoms with Gasteiger partial charge in [-0.1, -0.05) is 0 Å². The summed E-state index contributed by atoms with van der Waals surface area (Å²) in [6, 6.07) is 2.13. The topological polar surface area (TPSA) is 59.8 Å². The number of rotatable bonds is 0. The van der Waals surface area contributed by atoms with Gasteiger partial charge in [-0.15, -0.1) is 0 Å². The third-order valence-electron chi connectivity index (χ3n) is 3.89. The Labute approximate surface area is 110 Å². The van der Waals surface area contributed by atoms with Crippen LogP contribution in [0.4, 0.5) is 0 Å². The molecule has 2 aromatic heterocycles. The quantitative estimate of drug-likeness (QED) is 0.768. The second kappa shape index (κ2) is 3.66. The van der Waals surface area contributed by atoms with Crippen LogP contribution in [0.3, 0.4) is 0 Å². The lowest BCUT2D eigenvalue weighted by atomic mass is 9.90. The van der Waals surface area contributed by atoms with Crippen molar-refractivity contribution in [3.05, 3.63) is 35.3 Å². The summed E-state index contributed by atoms with van der Waals surface area (Å²) in [6.07, 6.45) is 5.48. The van der Waals surface area contributed by atoms with Crippen LogP contribution in [0.1, 0.15) is 28.5 Å². The van der Waals surface area contributed by atoms with E-state index >= 15 is 0 Å². The summed E-state index contributed by atoms with van der Waals surface area (Å²) in [6.45, 7) is 2.74. The van der Waals surface area contributed by atoms with Crippen molar-refractivity contribution >= 4 is 5.91 Å². The van der Waals surface area contributed by atoms with Gasteiger partial charge in [0.25, 0.3) is 5.91 Å². The summed E-state index contributed by atoms with van der Waals surface area (Å²) in [5, 5.41) is 7.65. The van der Waals surface area contributed by atoms with Crippen molar-refractivity contribution < 1.29 is 4.79 Å². The molecule has 2 aromatic rings. The third kappa shape index (κ3) is 1.44. The smallest absolute Gasteiger partial charge is 0.270 e. The van der Waals surface area contributed by atoms with Gasteiger partial charge in [0.2, 0.25) is 0 Å². The lowest BCUT2D eigenvalue weighted by molar-refractivity contribution is 0.0900. The van der Waals surface area contributed by atoms with Gasteiger partial charge in [-0.25, -0.2) is 0 Å². The molecule has 0 bridgehead atoms. The van der Waals surface area contributed by atoms with E-state index in [1.807, 2.05) is 23.9 Å². The normalized spacial score (nSPS) is 20.3. The van der Waals surface area contributed by atoms with E-state index in [4.69, 9.17) is 0 Å². The number of nitrogens with zero attached hydrogens (tertiary/aromatic N) is 3. The molecule has 0 fully saturated rings. The van der Waals surface area contributed by atoms with Crippen molar-refractivity contribution in [3.8, 4) is 11.3 Å². The highest BCUT2D eigenvalue weighted by molar-refractivity contribution is 5.97. The lowest BCUT2D eigenvalue weighted by Crippen LogP contribution is -2.43. The first-order valence-electron chi connectivity index (χ1n) is 6.58. The molecule has 1 atom stereocenters. The molecule has 19 heavy (non-hydrogen) atoms. The van der Waals surface area contributed by atoms with Gasteiger partial charge in [-0.3, -0.25) is 14.5 Å². The molecule has 3 heterocycles. The van der Waals surface area contributed by atoms with Crippen LogP contribution in [0.15, 0.2) is 18.5 Å². The number of fused-ring (bicyclic) bond motifs is 5. The van der Waals surface area contributed by atoms with Crippen LogP contribution in [0.25, 0.3) is 11.3 Å². The zero-order chi connectivity index (χ0) is 13.0. The van der Waals surface area contributed by atoms with E-state index in [2.05, 4.69) is 15.4 Å². The largest absolute Gasteiger partial charge is 0.346 e. The first-order chi connectivity index (χ1) is 9.24. The Morgan fingerprint density at radius 3 is 3.21 bits per heavy atom. The highest BCUT2D eigenvalue weighted by atomic mass is 16.2. The minimum atomic E-state index is 0.00464. The Balaban J connectivity index is 1.95. The molecule has 5 heteroatoms. The van der Waals surface area contributed by atoms with Gasteiger partial charge in [0.15, 0.2) is 0 Å². The highest BCUT2D eigenvalue weighted by Crippen LogP contribution is 2.34. The number of aromatic nitrogens is 3. The molecule has 0 spiro atoms. The molecule has 1 aliphatic heterocycles. The van der Waals surface area contributed by atoms with E-state index in [-0.39, 0.29) is 11.9 Å². The van der Waals surface area contributed by atoms with Crippen molar-refractivity contribution in [1.82, 2.24) is 20.1 Å². The number of carbonyl (C=O) groups is 1. The van der Waals surface area contributed by atoms with Gasteiger partial charge < -0.3 is 5.32 Å². The molecular formula is C14H14N4O. The van der Waals surface area contributed by atoms with Gasteiger partial charge in [-0.2, -0.15) is 5.10 Å². The predicted molar refractivity (Wildman–Crippen MR) is 69.8 cm³/mol. The monoisotopic (exact) mass is 254 g/mol. The summed E-state index contributed by atoms with van der Waals surface area (Å²) in [4.78, 5) is 16.3. The maximum atomic E-state index is 12.2. The molecule has 1 aliphatic carbocycles. The van der Waals surface area contributed by atoms with Crippen molar-refractivity contribution in [2.75, 3.05) is 0 Å². The number of hydrogen-bond donors (Lipinski definition) is 1. The van der Waals surface area contributed by atoms with E-state index in [0.29, 0.717) is 0 Å². The molecule has 1 amide bonds. The average Bonchev–Trinajstić information content (AvgIpc) is 2.77. The fraction of sp³-hybridized carbons (Fsp3) is 0.357. The molecular weight excluding hydrogens is 240 g/mol. The van der Waals surface area contributed by atoms with E-state index < -0.39 is 0 Å². The Morgan fingerprint density at radius 1 is 1.42 bits per heavy atom. The second-order valence-corrected chi connectivity index (χ2v) is 5.27. The summed E-state index contributed by atoms with van der Waals surface area (Å²) >= 11 is 0. The SMILES string of the molecule is CC1Cn2nc3c(c2C(=O)N1)CCc1cnccc1-3. The van der Waals surface area contributed by atoms with E-state index in [1.165, 1.54) is 5.56 Å². The highest BCUT2D eigenvalue weighted by Gasteiger charge is 2.31. The molecule has 0 aromatic carbocycles. The minimum Gasteiger partial charge on any atom is -0.346 e. The Hall–Kier alpha value is -2.17. The van der Waals surface area contributed by atoms with Gasteiger partial charge in [0, 0.05) is 29.6 Å². The van der Waals surface area contributed by atoms with Crippen LogP contribution in [0.5, 0.6) is 0 Å². The van der Waals surface area contributed by atoms with Crippen LogP contribution in [0, 0.1) is 0 Å². The molecule has 2 aliphatic rings. The molecule has 1 N–H and O–H groups in total. The molecule has 0 radical (unpaired) electrons. The maximum Gasteiger partial charge on any atom is 0.270 e. The summed E-state index contributed by atoms with van der Waals surface area (Å²) in [7, 11) is 0. The number of pyridine rings is 1. The number of carbonyl (C=O) groups excluding carboxylic acids is 1. The van der Waals surface area contributed by atoms with Crippen LogP contribution < -0.4 is 5.32 Å². The number of nitrogens with one attached hydrogen (secondary N) is 1. The zero-order valence-corrected chi connectivity index (χ0v) is 10.7. The summed E-state index contributed by atoms with van der Waals surface area (Å²) in [5.41, 5.74) is 5.14. The molecule has 5 nitrogen and oxygen atoms in total. The van der Waals surface area contributed by atoms with Gasteiger partial charge in [-0.05, 0) is 31.4 Å². The Morgan fingerprint density at radius 2 is 2.32 bits per heavy atom. The standard InChI is InChI=1S/C14H14N4O/c1-8-7-18-13(14(19)16-8)11-3-2-9-6-15-5-4-10(9)12(11)17-18/h4-6,8H,2-3,7H2,1H3,(H,16,19). The average molecular weight is 254 g/mol. The Bertz CT molecular complexity index is 689. The number of hydrogen-bond acceptors (Lipinski definition) is 3. The third-order valence-corrected chi connectivity index (χ3v) is 3.89. The van der Waals surface area contributed by atoms with Crippen molar-refractivity contribution in [3.63, 3.8) is 0 Å². The van der Waals surface area contributed by atoms with Crippen LogP contribution >= 0.6 is 0 Å². The zero-order valence-electron chi connectivity index (χ0n) is 10.7. The number of amides is 1. The molecule has 0 saturated carbocycles. The molecule has 96 valence electrons. The molecule has 1 unspecified atom stereocenters. The first kappa shape index (κ1) is 10.7. The summed E-state index contributed by atoms with van der Waals surface area (Å²) < 4.78 is 1.86. The fourth-order valence-electron chi connectivity index (χ4n) is 3.05. The van der Waals surface area contributed by atoms with Crippen molar-refractivity contribution in [1.29, 1.82) is 0 Å². The van der Waals surface area contributed by atoms with Crippen molar-refractivity contribution in [2.45, 2.75) is 32.4 Å². The Kier molecular flexibility index (Phi) is 2.07. The molecule has 4 rings (SSSR count). The molecule has 0 saturated heterocycles. The van der Waals surface area contributed by atoms with E-state index in [9.17, 15) is 4.79 Å². The van der Waals surface area contributed by atoms with Crippen LogP contribution in [-0.4, -0.2) is 26.7 Å². The lowest BCUT2D eigenvalue weighted by Gasteiger charge is -2.22. The van der Waals surface area contributed by atoms with E-state index in [1.54, 1.807) is 6.20 Å². The van der Waals surface area contributed by atoms with Crippen LogP contribution in [-0.2, 0) is 19.4 Å². The van der Waals surface area contributed by atoms with E-state index in [0.717, 1.165) is 41.9 Å². The van der Waals surface area contributed by atoms with Gasteiger partial charge >= 0.3 is 0 Å². The fourth-order valence-corrected chi connectivity index (χ4v) is 3.05. The maximum absolute atomic E-state index is 12.2. The minimum absolute atomic E-state index is 0.00464. The number of aryl methyl sites for hydroxylation is 1.